The van der Waals surface area contributed by atoms with Crippen LogP contribution in [0.1, 0.15) is 34.5 Å². The molecule has 1 aromatic carbocycles. The largest absolute Gasteiger partial charge is 0.481 e. The molecule has 0 spiro atoms. The summed E-state index contributed by atoms with van der Waals surface area (Å²) in [6.07, 6.45) is 2.32. The number of nitrogens with zero attached hydrogens (tertiary/aromatic N) is 1. The Labute approximate surface area is 134 Å². The highest BCUT2D eigenvalue weighted by atomic mass is 16.4. The van der Waals surface area contributed by atoms with Crippen molar-refractivity contribution in [1.29, 1.82) is 0 Å². The number of aliphatic carboxylic acids is 1. The number of hydrogen-bond donors (Lipinski definition) is 1. The average molecular weight is 313 g/mol. The zero-order valence-electron chi connectivity index (χ0n) is 13.0. The van der Waals surface area contributed by atoms with Gasteiger partial charge in [0.2, 0.25) is 0 Å². The lowest BCUT2D eigenvalue weighted by molar-refractivity contribution is -0.145. The van der Waals surface area contributed by atoms with Gasteiger partial charge in [-0.15, -0.1) is 0 Å². The van der Waals surface area contributed by atoms with Crippen molar-refractivity contribution in [3.63, 3.8) is 0 Å². The van der Waals surface area contributed by atoms with E-state index in [1.165, 1.54) is 6.26 Å². The molecule has 2 heterocycles. The van der Waals surface area contributed by atoms with E-state index in [0.717, 1.165) is 5.56 Å². The van der Waals surface area contributed by atoms with Gasteiger partial charge in [0.05, 0.1) is 17.2 Å². The van der Waals surface area contributed by atoms with Crippen molar-refractivity contribution in [3.8, 4) is 0 Å². The molecule has 1 fully saturated rings. The Balaban J connectivity index is 1.80. The zero-order chi connectivity index (χ0) is 16.4. The molecule has 0 unspecified atom stereocenters. The second-order valence-electron chi connectivity index (χ2n) is 5.94. The van der Waals surface area contributed by atoms with Crippen LogP contribution in [0.5, 0.6) is 0 Å². The van der Waals surface area contributed by atoms with E-state index in [0.29, 0.717) is 37.3 Å². The number of hydrogen-bond acceptors (Lipinski definition) is 3. The van der Waals surface area contributed by atoms with Gasteiger partial charge in [-0.25, -0.2) is 0 Å². The predicted molar refractivity (Wildman–Crippen MR) is 84.3 cm³/mol. The smallest absolute Gasteiger partial charge is 0.314 e. The first kappa shape index (κ1) is 15.3. The molecule has 120 valence electrons. The Morgan fingerprint density at radius 2 is 1.78 bits per heavy atom. The minimum absolute atomic E-state index is 0.0942. The normalized spacial score (nSPS) is 17.0. The summed E-state index contributed by atoms with van der Waals surface area (Å²) in [6, 6.07) is 10.9. The van der Waals surface area contributed by atoms with Gasteiger partial charge < -0.3 is 14.4 Å². The summed E-state index contributed by atoms with van der Waals surface area (Å²) in [5.41, 5.74) is 0.440. The van der Waals surface area contributed by atoms with E-state index in [-0.39, 0.29) is 5.91 Å². The third-order valence-electron chi connectivity index (χ3n) is 4.73. The van der Waals surface area contributed by atoms with Gasteiger partial charge >= 0.3 is 5.97 Å². The maximum absolute atomic E-state index is 12.5. The molecule has 1 aromatic heterocycles. The van der Waals surface area contributed by atoms with Crippen molar-refractivity contribution in [2.45, 2.75) is 25.2 Å². The third kappa shape index (κ3) is 2.63. The van der Waals surface area contributed by atoms with Crippen LogP contribution in [-0.2, 0) is 10.2 Å². The van der Waals surface area contributed by atoms with Gasteiger partial charge in [-0.2, -0.15) is 0 Å². The minimum atomic E-state index is -0.913. The Morgan fingerprint density at radius 3 is 2.30 bits per heavy atom. The Morgan fingerprint density at radius 1 is 1.13 bits per heavy atom. The summed E-state index contributed by atoms with van der Waals surface area (Å²) in [5, 5.41) is 9.78. The lowest BCUT2D eigenvalue weighted by Crippen LogP contribution is -2.49. The van der Waals surface area contributed by atoms with Crippen LogP contribution >= 0.6 is 0 Å². The monoisotopic (exact) mass is 313 g/mol. The second kappa shape index (κ2) is 5.91. The number of carbonyl (C=O) groups is 2. The molecule has 0 atom stereocenters. The van der Waals surface area contributed by atoms with E-state index in [4.69, 9.17) is 4.42 Å². The molecule has 0 saturated carbocycles. The molecule has 1 aliphatic rings. The van der Waals surface area contributed by atoms with Gasteiger partial charge in [0.15, 0.2) is 0 Å². The lowest BCUT2D eigenvalue weighted by Gasteiger charge is -2.39. The molecule has 5 heteroatoms. The van der Waals surface area contributed by atoms with E-state index in [2.05, 4.69) is 0 Å². The minimum Gasteiger partial charge on any atom is -0.481 e. The van der Waals surface area contributed by atoms with Crippen LogP contribution < -0.4 is 0 Å². The standard InChI is InChI=1S/C18H19NO4/c1-13-15(7-12-23-13)16(20)19-10-8-18(9-11-19,17(21)22)14-5-3-2-4-6-14/h2-7,12H,8-11H2,1H3,(H,21,22). The molecular weight excluding hydrogens is 294 g/mol. The molecule has 0 bridgehead atoms. The SMILES string of the molecule is Cc1occc1C(=O)N1CCC(C(=O)O)(c2ccccc2)CC1. The molecule has 23 heavy (non-hydrogen) atoms. The number of amides is 1. The Hall–Kier alpha value is -2.56. The second-order valence-corrected chi connectivity index (χ2v) is 5.94. The van der Waals surface area contributed by atoms with Crippen molar-refractivity contribution >= 4 is 11.9 Å². The fourth-order valence-corrected chi connectivity index (χ4v) is 3.25. The number of carboxylic acids is 1. The maximum atomic E-state index is 12.5. The maximum Gasteiger partial charge on any atom is 0.314 e. The summed E-state index contributed by atoms with van der Waals surface area (Å²) in [6.45, 7) is 2.60. The third-order valence-corrected chi connectivity index (χ3v) is 4.73. The van der Waals surface area contributed by atoms with Gasteiger partial charge in [0.1, 0.15) is 5.76 Å². The number of furan rings is 1. The van der Waals surface area contributed by atoms with Crippen molar-refractivity contribution in [2.24, 2.45) is 0 Å². The molecule has 1 aliphatic heterocycles. The van der Waals surface area contributed by atoms with Crippen LogP contribution in [0.4, 0.5) is 0 Å². The Bertz CT molecular complexity index is 712. The molecule has 1 N–H and O–H groups in total. The fourth-order valence-electron chi connectivity index (χ4n) is 3.25. The number of carbonyl (C=O) groups excluding carboxylic acids is 1. The summed E-state index contributed by atoms with van der Waals surface area (Å²) < 4.78 is 5.18. The van der Waals surface area contributed by atoms with Crippen LogP contribution in [0.25, 0.3) is 0 Å². The number of aryl methyl sites for hydroxylation is 1. The Kier molecular flexibility index (Phi) is 3.94. The van der Waals surface area contributed by atoms with E-state index >= 15 is 0 Å². The number of likely N-dealkylation sites (tertiary alicyclic amines) is 1. The molecular formula is C18H19NO4. The molecule has 1 amide bonds. The molecule has 1 saturated heterocycles. The van der Waals surface area contributed by atoms with Crippen LogP contribution in [0.3, 0.4) is 0 Å². The highest BCUT2D eigenvalue weighted by Gasteiger charge is 2.44. The van der Waals surface area contributed by atoms with Crippen LogP contribution in [0.2, 0.25) is 0 Å². The first-order valence-corrected chi connectivity index (χ1v) is 7.67. The van der Waals surface area contributed by atoms with Crippen molar-refractivity contribution < 1.29 is 19.1 Å². The van der Waals surface area contributed by atoms with Gasteiger partial charge in [-0.05, 0) is 31.4 Å². The molecule has 2 aromatic rings. The molecule has 0 radical (unpaired) electrons. The zero-order valence-corrected chi connectivity index (χ0v) is 13.0. The average Bonchev–Trinajstić information content (AvgIpc) is 3.01. The van der Waals surface area contributed by atoms with E-state index in [9.17, 15) is 14.7 Å². The summed E-state index contributed by atoms with van der Waals surface area (Å²) >= 11 is 0. The summed E-state index contributed by atoms with van der Waals surface area (Å²) in [7, 11) is 0. The first-order valence-electron chi connectivity index (χ1n) is 7.67. The lowest BCUT2D eigenvalue weighted by atomic mass is 9.73. The van der Waals surface area contributed by atoms with Gasteiger partial charge in [0.25, 0.3) is 5.91 Å². The highest BCUT2D eigenvalue weighted by Crippen LogP contribution is 2.36. The quantitative estimate of drug-likeness (QED) is 0.946. The highest BCUT2D eigenvalue weighted by molar-refractivity contribution is 5.95. The first-order chi connectivity index (χ1) is 11.0. The van der Waals surface area contributed by atoms with Gasteiger partial charge in [-0.3, -0.25) is 9.59 Å². The van der Waals surface area contributed by atoms with Crippen molar-refractivity contribution in [2.75, 3.05) is 13.1 Å². The molecule has 0 aliphatic carbocycles. The van der Waals surface area contributed by atoms with Crippen molar-refractivity contribution in [3.05, 3.63) is 59.5 Å². The number of benzene rings is 1. The van der Waals surface area contributed by atoms with Crippen LogP contribution in [-0.4, -0.2) is 35.0 Å². The predicted octanol–water partition coefficient (Wildman–Crippen LogP) is 2.85. The van der Waals surface area contributed by atoms with E-state index < -0.39 is 11.4 Å². The van der Waals surface area contributed by atoms with Gasteiger partial charge in [-0.1, -0.05) is 30.3 Å². The van der Waals surface area contributed by atoms with E-state index in [1.807, 2.05) is 30.3 Å². The fraction of sp³-hybridized carbons (Fsp3) is 0.333. The molecule has 5 nitrogen and oxygen atoms in total. The van der Waals surface area contributed by atoms with Crippen molar-refractivity contribution in [1.82, 2.24) is 4.90 Å². The summed E-state index contributed by atoms with van der Waals surface area (Å²) in [4.78, 5) is 26.1. The molecule has 3 rings (SSSR count). The topological polar surface area (TPSA) is 70.8 Å². The number of rotatable bonds is 3. The van der Waals surface area contributed by atoms with Crippen LogP contribution in [0, 0.1) is 6.92 Å². The summed E-state index contributed by atoms with van der Waals surface area (Å²) in [5.74, 6) is -0.327. The van der Waals surface area contributed by atoms with E-state index in [1.54, 1.807) is 17.9 Å². The number of piperidine rings is 1. The van der Waals surface area contributed by atoms with Crippen LogP contribution in [0.15, 0.2) is 47.1 Å². The van der Waals surface area contributed by atoms with Gasteiger partial charge in [0, 0.05) is 13.1 Å². The number of carboxylic acid groups (broad SMARTS) is 1.